The number of guanidine groups is 1. The van der Waals surface area contributed by atoms with Crippen LogP contribution in [0.5, 0.6) is 0 Å². The highest BCUT2D eigenvalue weighted by atomic mass is 127. The summed E-state index contributed by atoms with van der Waals surface area (Å²) in [4.78, 5) is 17.6. The predicted molar refractivity (Wildman–Crippen MR) is 114 cm³/mol. The third-order valence-corrected chi connectivity index (χ3v) is 4.24. The minimum absolute atomic E-state index is 0. The number of carbonyl (C=O) groups excluding carboxylic acids is 1. The summed E-state index contributed by atoms with van der Waals surface area (Å²) < 4.78 is 0. The highest BCUT2D eigenvalue weighted by Gasteiger charge is 2.26. The van der Waals surface area contributed by atoms with Gasteiger partial charge in [0.05, 0.1) is 12.0 Å². The van der Waals surface area contributed by atoms with Crippen LogP contribution in [0.2, 0.25) is 0 Å². The standard InChI is InChI=1S/C17H28N4OS.HI/c1-5-19-16(21-13-17(2,3)15(22)18-4)20-11-12-23-14-9-7-6-8-10-14;/h6-10H,5,11-13H2,1-4H3,(H,18,22)(H2,19,20,21);1H. The number of rotatable bonds is 8. The highest BCUT2D eigenvalue weighted by Crippen LogP contribution is 2.16. The number of halogens is 1. The quantitative estimate of drug-likeness (QED) is 0.182. The van der Waals surface area contributed by atoms with E-state index in [1.807, 2.05) is 39.0 Å². The molecule has 0 atom stereocenters. The molecule has 0 fully saturated rings. The Balaban J connectivity index is 0.00000529. The molecule has 0 aliphatic heterocycles. The summed E-state index contributed by atoms with van der Waals surface area (Å²) >= 11 is 1.80. The zero-order valence-corrected chi connectivity index (χ0v) is 18.0. The molecule has 0 aliphatic rings. The molecule has 1 aromatic rings. The fourth-order valence-corrected chi connectivity index (χ4v) is 2.67. The zero-order chi connectivity index (χ0) is 17.1. The van der Waals surface area contributed by atoms with Crippen molar-refractivity contribution in [2.24, 2.45) is 10.4 Å². The van der Waals surface area contributed by atoms with Crippen molar-refractivity contribution in [1.29, 1.82) is 0 Å². The Morgan fingerprint density at radius 3 is 2.46 bits per heavy atom. The van der Waals surface area contributed by atoms with E-state index in [9.17, 15) is 4.79 Å². The van der Waals surface area contributed by atoms with E-state index in [1.165, 1.54) is 4.90 Å². The average Bonchev–Trinajstić information content (AvgIpc) is 2.56. The summed E-state index contributed by atoms with van der Waals surface area (Å²) in [5.74, 6) is 1.70. The number of carbonyl (C=O) groups is 1. The lowest BCUT2D eigenvalue weighted by atomic mass is 9.93. The van der Waals surface area contributed by atoms with Crippen molar-refractivity contribution in [3.05, 3.63) is 30.3 Å². The number of amides is 1. The van der Waals surface area contributed by atoms with Gasteiger partial charge < -0.3 is 16.0 Å². The van der Waals surface area contributed by atoms with E-state index in [1.54, 1.807) is 18.8 Å². The fourth-order valence-electron chi connectivity index (χ4n) is 1.88. The smallest absolute Gasteiger partial charge is 0.227 e. The molecule has 7 heteroatoms. The third kappa shape index (κ3) is 8.77. The van der Waals surface area contributed by atoms with Gasteiger partial charge in [-0.15, -0.1) is 35.7 Å². The van der Waals surface area contributed by atoms with Crippen molar-refractivity contribution in [3.8, 4) is 0 Å². The molecule has 3 N–H and O–H groups in total. The molecule has 5 nitrogen and oxygen atoms in total. The SMILES string of the molecule is CCNC(=NCC(C)(C)C(=O)NC)NCCSc1ccccc1.I. The average molecular weight is 464 g/mol. The first-order valence-corrected chi connectivity index (χ1v) is 8.90. The van der Waals surface area contributed by atoms with Gasteiger partial charge in [-0.2, -0.15) is 0 Å². The Labute approximate surface area is 166 Å². The first-order valence-electron chi connectivity index (χ1n) is 7.92. The van der Waals surface area contributed by atoms with Crippen LogP contribution in [0.25, 0.3) is 0 Å². The van der Waals surface area contributed by atoms with E-state index in [0.717, 1.165) is 24.8 Å². The molecule has 1 amide bonds. The summed E-state index contributed by atoms with van der Waals surface area (Å²) in [5, 5.41) is 9.19. The maximum atomic E-state index is 11.8. The van der Waals surface area contributed by atoms with Crippen molar-refractivity contribution < 1.29 is 4.79 Å². The molecule has 136 valence electrons. The highest BCUT2D eigenvalue weighted by molar-refractivity contribution is 14.0. The number of thioether (sulfide) groups is 1. The van der Waals surface area contributed by atoms with Gasteiger partial charge >= 0.3 is 0 Å². The zero-order valence-electron chi connectivity index (χ0n) is 14.9. The maximum absolute atomic E-state index is 11.8. The van der Waals surface area contributed by atoms with E-state index in [4.69, 9.17) is 0 Å². The lowest BCUT2D eigenvalue weighted by Crippen LogP contribution is -2.41. The van der Waals surface area contributed by atoms with E-state index < -0.39 is 5.41 Å². The molecular weight excluding hydrogens is 435 g/mol. The second-order valence-electron chi connectivity index (χ2n) is 5.75. The molecule has 0 aliphatic carbocycles. The molecule has 1 aromatic carbocycles. The van der Waals surface area contributed by atoms with Crippen LogP contribution in [0, 0.1) is 5.41 Å². The molecule has 0 unspecified atom stereocenters. The molecule has 0 saturated carbocycles. The number of nitrogens with zero attached hydrogens (tertiary/aromatic N) is 1. The van der Waals surface area contributed by atoms with Gasteiger partial charge in [-0.1, -0.05) is 18.2 Å². The minimum Gasteiger partial charge on any atom is -0.359 e. The topological polar surface area (TPSA) is 65.5 Å². The van der Waals surface area contributed by atoms with E-state index in [2.05, 4.69) is 33.1 Å². The Morgan fingerprint density at radius 1 is 1.21 bits per heavy atom. The van der Waals surface area contributed by atoms with Gasteiger partial charge in [0.1, 0.15) is 0 Å². The maximum Gasteiger partial charge on any atom is 0.227 e. The predicted octanol–water partition coefficient (Wildman–Crippen LogP) is 2.72. The van der Waals surface area contributed by atoms with Crippen LogP contribution in [0.15, 0.2) is 40.2 Å². The fraction of sp³-hybridized carbons (Fsp3) is 0.529. The van der Waals surface area contributed by atoms with Gasteiger partial charge in [0.25, 0.3) is 0 Å². The van der Waals surface area contributed by atoms with Gasteiger partial charge in [0.15, 0.2) is 5.96 Å². The van der Waals surface area contributed by atoms with Crippen molar-refractivity contribution in [2.45, 2.75) is 25.7 Å². The molecule has 0 radical (unpaired) electrons. The van der Waals surface area contributed by atoms with Crippen molar-refractivity contribution in [1.82, 2.24) is 16.0 Å². The lowest BCUT2D eigenvalue weighted by Gasteiger charge is -2.21. The van der Waals surface area contributed by atoms with Crippen LogP contribution >= 0.6 is 35.7 Å². The summed E-state index contributed by atoms with van der Waals surface area (Å²) in [6, 6.07) is 10.3. The first-order chi connectivity index (χ1) is 11.0. The number of nitrogens with one attached hydrogen (secondary N) is 3. The normalized spacial score (nSPS) is 11.4. The molecule has 0 spiro atoms. The Kier molecular flexibility index (Phi) is 11.9. The van der Waals surface area contributed by atoms with Crippen LogP contribution in [-0.4, -0.2) is 44.3 Å². The van der Waals surface area contributed by atoms with Crippen molar-refractivity contribution in [3.63, 3.8) is 0 Å². The van der Waals surface area contributed by atoms with Crippen LogP contribution in [0.4, 0.5) is 0 Å². The number of hydrogen-bond donors (Lipinski definition) is 3. The summed E-state index contributed by atoms with van der Waals surface area (Å²) in [6.45, 7) is 7.85. The van der Waals surface area contributed by atoms with Crippen LogP contribution < -0.4 is 16.0 Å². The molecule has 24 heavy (non-hydrogen) atoms. The van der Waals surface area contributed by atoms with Crippen molar-refractivity contribution in [2.75, 3.05) is 32.4 Å². The second-order valence-corrected chi connectivity index (χ2v) is 6.91. The van der Waals surface area contributed by atoms with Gasteiger partial charge in [-0.3, -0.25) is 9.79 Å². The van der Waals surface area contributed by atoms with Crippen LogP contribution in [0.3, 0.4) is 0 Å². The monoisotopic (exact) mass is 464 g/mol. The molecule has 0 aromatic heterocycles. The summed E-state index contributed by atoms with van der Waals surface area (Å²) in [7, 11) is 1.65. The summed E-state index contributed by atoms with van der Waals surface area (Å²) in [5.41, 5.74) is -0.518. The van der Waals surface area contributed by atoms with Crippen LogP contribution in [0.1, 0.15) is 20.8 Å². The molecule has 0 bridgehead atoms. The minimum atomic E-state index is -0.518. The first kappa shape index (κ1) is 23.0. The van der Waals surface area contributed by atoms with Gasteiger partial charge in [-0.25, -0.2) is 0 Å². The summed E-state index contributed by atoms with van der Waals surface area (Å²) in [6.07, 6.45) is 0. The van der Waals surface area contributed by atoms with E-state index in [0.29, 0.717) is 6.54 Å². The molecular formula is C17H29IN4OS. The van der Waals surface area contributed by atoms with Crippen LogP contribution in [-0.2, 0) is 4.79 Å². The Morgan fingerprint density at radius 2 is 1.88 bits per heavy atom. The molecule has 0 saturated heterocycles. The van der Waals surface area contributed by atoms with Gasteiger partial charge in [0, 0.05) is 30.8 Å². The van der Waals surface area contributed by atoms with E-state index in [-0.39, 0.29) is 29.9 Å². The number of aliphatic imine (C=N–C) groups is 1. The molecule has 0 heterocycles. The lowest BCUT2D eigenvalue weighted by molar-refractivity contribution is -0.128. The number of hydrogen-bond acceptors (Lipinski definition) is 3. The number of benzene rings is 1. The molecule has 1 rings (SSSR count). The van der Waals surface area contributed by atoms with Gasteiger partial charge in [0.2, 0.25) is 5.91 Å². The van der Waals surface area contributed by atoms with Gasteiger partial charge in [-0.05, 0) is 32.9 Å². The van der Waals surface area contributed by atoms with Crippen molar-refractivity contribution >= 4 is 47.6 Å². The second kappa shape index (κ2) is 12.4. The Hall–Kier alpha value is -0.960. The van der Waals surface area contributed by atoms with E-state index >= 15 is 0 Å². The Bertz CT molecular complexity index is 509. The third-order valence-electron chi connectivity index (χ3n) is 3.22. The largest absolute Gasteiger partial charge is 0.359 e.